The highest BCUT2D eigenvalue weighted by Crippen LogP contribution is 1.84. The molecule has 1 amide bonds. The Balaban J connectivity index is 3.18. The minimum Gasteiger partial charge on any atom is -0.339 e. The lowest BCUT2D eigenvalue weighted by molar-refractivity contribution is -0.109. The molecule has 5 heteroatoms. The highest BCUT2D eigenvalue weighted by atomic mass is 79.9. The molecule has 1 N–H and O–H groups in total. The number of halogens is 2. The Morgan fingerprint density at radius 1 is 1.38 bits per heavy atom. The first-order valence-electron chi connectivity index (χ1n) is 1.74. The van der Waals surface area contributed by atoms with Crippen molar-refractivity contribution in [1.29, 1.82) is 0 Å². The fourth-order valence-electron chi connectivity index (χ4n) is 0.139. The first-order chi connectivity index (χ1) is 3.63. The van der Waals surface area contributed by atoms with Gasteiger partial charge in [0.05, 0.1) is 6.54 Å². The molecule has 0 heterocycles. The van der Waals surface area contributed by atoms with E-state index in [1.165, 1.54) is 0 Å². The number of carbonyl (C=O) groups is 2. The van der Waals surface area contributed by atoms with Crippen LogP contribution >= 0.6 is 31.9 Å². The fraction of sp³-hybridized carbons (Fsp3) is 0.333. The van der Waals surface area contributed by atoms with Gasteiger partial charge in [0.25, 0.3) is 4.82 Å². The van der Waals surface area contributed by atoms with Gasteiger partial charge < -0.3 is 5.32 Å². The van der Waals surface area contributed by atoms with Crippen LogP contribution in [0.5, 0.6) is 0 Å². The van der Waals surface area contributed by atoms with E-state index < -0.39 is 0 Å². The van der Waals surface area contributed by atoms with E-state index in [-0.39, 0.29) is 16.1 Å². The molecule has 0 aliphatic heterocycles. The predicted octanol–water partition coefficient (Wildman–Crippen LogP) is 1.01. The van der Waals surface area contributed by atoms with E-state index in [0.29, 0.717) is 0 Å². The van der Waals surface area contributed by atoms with Crippen LogP contribution in [0, 0.1) is 0 Å². The summed E-state index contributed by atoms with van der Waals surface area (Å²) in [5.41, 5.74) is 0. The second-order valence-electron chi connectivity index (χ2n) is 0.982. The monoisotopic (exact) mass is 243 g/mol. The molecule has 0 fully saturated rings. The van der Waals surface area contributed by atoms with Crippen LogP contribution in [-0.4, -0.2) is 16.1 Å². The maximum absolute atomic E-state index is 10.0. The molecular formula is C3H3Br2NO2. The Bertz CT molecular complexity index is 99.9. The van der Waals surface area contributed by atoms with Crippen molar-refractivity contribution in [3.63, 3.8) is 0 Å². The Hall–Kier alpha value is 0.1000. The van der Waals surface area contributed by atoms with Crippen LogP contribution in [0.4, 0.5) is 4.79 Å². The molecule has 0 aromatic heterocycles. The van der Waals surface area contributed by atoms with Crippen LogP contribution in [0.2, 0.25) is 0 Å². The number of hydrogen-bond donors (Lipinski definition) is 1. The van der Waals surface area contributed by atoms with Gasteiger partial charge in [-0.2, -0.15) is 0 Å². The maximum atomic E-state index is 10.0. The zero-order chi connectivity index (χ0) is 6.57. The smallest absolute Gasteiger partial charge is 0.287 e. The molecule has 0 radical (unpaired) electrons. The summed E-state index contributed by atoms with van der Waals surface area (Å²) >= 11 is 5.21. The van der Waals surface area contributed by atoms with Gasteiger partial charge in [0, 0.05) is 15.9 Å². The van der Waals surface area contributed by atoms with Crippen molar-refractivity contribution in [3.05, 3.63) is 0 Å². The molecule has 0 spiro atoms. The van der Waals surface area contributed by atoms with Gasteiger partial charge in [-0.25, -0.2) is 0 Å². The van der Waals surface area contributed by atoms with E-state index in [1.807, 2.05) is 0 Å². The van der Waals surface area contributed by atoms with Gasteiger partial charge in [-0.15, -0.1) is 0 Å². The van der Waals surface area contributed by atoms with Crippen molar-refractivity contribution in [3.8, 4) is 0 Å². The molecule has 0 aliphatic rings. The van der Waals surface area contributed by atoms with Crippen LogP contribution in [-0.2, 0) is 4.79 Å². The molecule has 0 saturated heterocycles. The number of rotatable bonds is 2. The molecule has 46 valence electrons. The quantitative estimate of drug-likeness (QED) is 0.582. The lowest BCUT2D eigenvalue weighted by Gasteiger charge is -1.90. The third-order valence-electron chi connectivity index (χ3n) is 0.366. The molecule has 0 aliphatic carbocycles. The number of amides is 1. The van der Waals surface area contributed by atoms with Crippen molar-refractivity contribution in [2.75, 3.05) is 6.54 Å². The molecule has 0 rings (SSSR count). The summed E-state index contributed by atoms with van der Waals surface area (Å²) in [5, 5.41) is 2.23. The van der Waals surface area contributed by atoms with Gasteiger partial charge in [-0.05, 0) is 15.9 Å². The van der Waals surface area contributed by atoms with Gasteiger partial charge in [-0.3, -0.25) is 9.59 Å². The van der Waals surface area contributed by atoms with E-state index in [4.69, 9.17) is 0 Å². The molecule has 0 bridgehead atoms. The summed E-state index contributed by atoms with van der Waals surface area (Å²) in [5.74, 6) is 0. The van der Waals surface area contributed by atoms with Crippen molar-refractivity contribution >= 4 is 41.4 Å². The average molecular weight is 245 g/mol. The maximum Gasteiger partial charge on any atom is 0.287 e. The number of hydrogen-bond acceptors (Lipinski definition) is 2. The molecule has 0 saturated carbocycles. The van der Waals surface area contributed by atoms with Crippen molar-refractivity contribution < 1.29 is 9.59 Å². The molecule has 0 atom stereocenters. The van der Waals surface area contributed by atoms with E-state index in [2.05, 4.69) is 37.2 Å². The minimum atomic E-state index is -0.384. The van der Waals surface area contributed by atoms with Crippen molar-refractivity contribution in [2.24, 2.45) is 0 Å². The number of nitrogens with one attached hydrogen (secondary N) is 1. The second-order valence-corrected chi connectivity index (χ2v) is 2.59. The normalized spacial score (nSPS) is 8.25. The standard InChI is InChI=1S/C3H3Br2NO2/c4-2(7)1-6-3(5)8/h1H2,(H,6,8). The Morgan fingerprint density at radius 3 is 2.00 bits per heavy atom. The zero-order valence-corrected chi connectivity index (χ0v) is 6.95. The lowest BCUT2D eigenvalue weighted by atomic mass is 10.7. The summed E-state index contributed by atoms with van der Waals surface area (Å²) in [4.78, 5) is 19.6. The first-order valence-corrected chi connectivity index (χ1v) is 3.33. The Morgan fingerprint density at radius 2 is 1.88 bits per heavy atom. The van der Waals surface area contributed by atoms with Gasteiger partial charge >= 0.3 is 0 Å². The number of carbonyl (C=O) groups excluding carboxylic acids is 2. The van der Waals surface area contributed by atoms with Crippen LogP contribution in [0.1, 0.15) is 0 Å². The topological polar surface area (TPSA) is 46.2 Å². The largest absolute Gasteiger partial charge is 0.339 e. The van der Waals surface area contributed by atoms with Gasteiger partial charge in [0.1, 0.15) is 0 Å². The Kier molecular flexibility index (Phi) is 4.08. The second kappa shape index (κ2) is 4.03. The van der Waals surface area contributed by atoms with Gasteiger partial charge in [0.2, 0.25) is 4.69 Å². The van der Waals surface area contributed by atoms with E-state index >= 15 is 0 Å². The van der Waals surface area contributed by atoms with Crippen molar-refractivity contribution in [1.82, 2.24) is 5.32 Å². The average Bonchev–Trinajstić information content (AvgIpc) is 1.61. The minimum absolute atomic E-state index is 0.0179. The fourth-order valence-corrected chi connectivity index (χ4v) is 0.419. The third-order valence-corrected chi connectivity index (χ3v) is 0.927. The van der Waals surface area contributed by atoms with Crippen LogP contribution < -0.4 is 5.32 Å². The molecule has 0 unspecified atom stereocenters. The predicted molar refractivity (Wildman–Crippen MR) is 36.3 cm³/mol. The zero-order valence-electron chi connectivity index (χ0n) is 3.78. The van der Waals surface area contributed by atoms with E-state index in [9.17, 15) is 9.59 Å². The molecule has 3 nitrogen and oxygen atoms in total. The van der Waals surface area contributed by atoms with Gasteiger partial charge in [-0.1, -0.05) is 0 Å². The Labute approximate surface area is 63.1 Å². The summed E-state index contributed by atoms with van der Waals surface area (Å²) in [7, 11) is 0. The van der Waals surface area contributed by atoms with Crippen LogP contribution in [0.25, 0.3) is 0 Å². The highest BCUT2D eigenvalue weighted by molar-refractivity contribution is 9.18. The van der Waals surface area contributed by atoms with Crippen molar-refractivity contribution in [2.45, 2.75) is 0 Å². The summed E-state index contributed by atoms with van der Waals surface area (Å²) in [6, 6.07) is 0. The molecule has 8 heavy (non-hydrogen) atoms. The van der Waals surface area contributed by atoms with Crippen LogP contribution in [0.3, 0.4) is 0 Å². The summed E-state index contributed by atoms with van der Waals surface area (Å²) in [6.45, 7) is 0.0179. The first kappa shape index (κ1) is 8.10. The third kappa shape index (κ3) is 6.10. The van der Waals surface area contributed by atoms with Gasteiger partial charge in [0.15, 0.2) is 0 Å². The SMILES string of the molecule is O=C(Br)CNC(=O)Br. The summed E-state index contributed by atoms with van der Waals surface area (Å²) < 4.78 is -0.245. The molecule has 0 aromatic carbocycles. The van der Waals surface area contributed by atoms with Crippen LogP contribution in [0.15, 0.2) is 0 Å². The molecule has 0 aromatic rings. The lowest BCUT2D eigenvalue weighted by Crippen LogP contribution is -2.21. The molecular weight excluding hydrogens is 242 g/mol. The highest BCUT2D eigenvalue weighted by Gasteiger charge is 1.95. The van der Waals surface area contributed by atoms with E-state index in [0.717, 1.165) is 0 Å². The van der Waals surface area contributed by atoms with E-state index in [1.54, 1.807) is 0 Å². The summed E-state index contributed by atoms with van der Waals surface area (Å²) in [6.07, 6.45) is 0.